The highest BCUT2D eigenvalue weighted by Gasteiger charge is 2.58. The van der Waals surface area contributed by atoms with Crippen LogP contribution in [0.2, 0.25) is 0 Å². The van der Waals surface area contributed by atoms with Crippen LogP contribution < -0.4 is 65.4 Å². The molecule has 26 heteroatoms. The minimum atomic E-state index is -1.50. The third kappa shape index (κ3) is 16.2. The van der Waals surface area contributed by atoms with Gasteiger partial charge in [0.2, 0.25) is 35.4 Å². The Hall–Kier alpha value is -12.1. The number of para-hydroxylation sites is 1. The van der Waals surface area contributed by atoms with E-state index in [9.17, 15) is 48.3 Å². The molecule has 7 aromatic carbocycles. The van der Waals surface area contributed by atoms with Gasteiger partial charge in [0.25, 0.3) is 11.8 Å². The average molecular weight is 1450 g/mol. The van der Waals surface area contributed by atoms with E-state index in [1.807, 2.05) is 66.9 Å². The zero-order chi connectivity index (χ0) is 75.2. The normalized spacial score (nSPS) is 17.5. The maximum absolute atomic E-state index is 14.5. The van der Waals surface area contributed by atoms with Crippen molar-refractivity contribution in [1.82, 2.24) is 31.1 Å². The van der Waals surface area contributed by atoms with Gasteiger partial charge in [0.1, 0.15) is 24.4 Å². The summed E-state index contributed by atoms with van der Waals surface area (Å²) >= 11 is 0. The summed E-state index contributed by atoms with van der Waals surface area (Å²) in [6.45, 7) is 5.01. The topological polar surface area (TPSA) is 314 Å². The summed E-state index contributed by atoms with van der Waals surface area (Å²) in [6, 6.07) is 36.8. The molecule has 2 fully saturated rings. The molecule has 1 aliphatic carbocycles. The first-order valence-corrected chi connectivity index (χ1v) is 35.7. The number of hydrogen-bond acceptors (Lipinski definition) is 17. The molecule has 1 spiro atoms. The first kappa shape index (κ1) is 73.2. The number of nitrogens with zero attached hydrogens (tertiary/aromatic N) is 4. The number of carbonyl (C=O) groups excluding carboxylic acids is 9. The molecule has 5 atom stereocenters. The second-order valence-corrected chi connectivity index (χ2v) is 27.9. The van der Waals surface area contributed by atoms with Crippen LogP contribution in [0.1, 0.15) is 114 Å². The highest BCUT2D eigenvalue weighted by atomic mass is 16.6. The number of methoxy groups -OCH3 is 3. The first-order valence-electron chi connectivity index (χ1n) is 35.7. The number of aliphatic hydroxyl groups excluding tert-OH is 1. The Morgan fingerprint density at radius 3 is 2.09 bits per heavy atom. The van der Waals surface area contributed by atoms with Gasteiger partial charge in [0.15, 0.2) is 29.2 Å². The van der Waals surface area contributed by atoms with Crippen LogP contribution in [0, 0.1) is 23.2 Å². The number of amides is 9. The van der Waals surface area contributed by atoms with Crippen LogP contribution in [0.5, 0.6) is 28.7 Å². The summed E-state index contributed by atoms with van der Waals surface area (Å²) in [5.74, 6) is 3.80. The van der Waals surface area contributed by atoms with Gasteiger partial charge in [0.05, 0.1) is 94.5 Å². The van der Waals surface area contributed by atoms with Gasteiger partial charge < -0.3 is 80.1 Å². The van der Waals surface area contributed by atoms with Crippen molar-refractivity contribution in [3.8, 4) is 40.6 Å². The van der Waals surface area contributed by atoms with Crippen LogP contribution in [0.25, 0.3) is 16.3 Å². The molecule has 2 unspecified atom stereocenters. The van der Waals surface area contributed by atoms with E-state index < -0.39 is 79.0 Å². The molecule has 7 aromatic rings. The molecule has 1 saturated carbocycles. The van der Waals surface area contributed by atoms with E-state index in [4.69, 9.17) is 28.4 Å². The number of benzene rings is 7. The summed E-state index contributed by atoms with van der Waals surface area (Å²) in [5, 5.41) is 30.7. The second kappa shape index (κ2) is 31.7. The molecule has 5 aliphatic heterocycles. The molecular weight excluding hydrogens is 1370 g/mol. The van der Waals surface area contributed by atoms with E-state index in [-0.39, 0.29) is 91.1 Å². The molecule has 554 valence electrons. The summed E-state index contributed by atoms with van der Waals surface area (Å²) in [4.78, 5) is 129. The van der Waals surface area contributed by atoms with Crippen molar-refractivity contribution in [2.75, 3.05) is 81.2 Å². The van der Waals surface area contributed by atoms with E-state index in [0.717, 1.165) is 56.5 Å². The minimum Gasteiger partial charge on any atom is -0.497 e. The third-order valence-electron chi connectivity index (χ3n) is 20.2. The van der Waals surface area contributed by atoms with Crippen LogP contribution in [-0.4, -0.2) is 159 Å². The number of fused-ring (bicyclic) bond motifs is 7. The number of nitrogens with one attached hydrogen (secondary N) is 6. The Morgan fingerprint density at radius 2 is 1.36 bits per heavy atom. The fourth-order valence-electron chi connectivity index (χ4n) is 14.1. The van der Waals surface area contributed by atoms with Gasteiger partial charge in [-0.3, -0.25) is 38.4 Å². The second-order valence-electron chi connectivity index (χ2n) is 27.9. The Morgan fingerprint density at radius 1 is 0.673 bits per heavy atom. The largest absolute Gasteiger partial charge is 0.497 e. The molecule has 7 N–H and O–H groups in total. The molecular formula is C81H84N10O16. The quantitative estimate of drug-likeness (QED) is 0.0209. The van der Waals surface area contributed by atoms with Gasteiger partial charge in [-0.25, -0.2) is 9.69 Å². The van der Waals surface area contributed by atoms with Crippen molar-refractivity contribution in [3.63, 3.8) is 0 Å². The number of ether oxygens (including phenoxy) is 6. The lowest BCUT2D eigenvalue weighted by Gasteiger charge is -2.31. The molecule has 1 saturated heterocycles. The van der Waals surface area contributed by atoms with Crippen LogP contribution in [0.3, 0.4) is 0 Å². The van der Waals surface area contributed by atoms with Gasteiger partial charge in [0, 0.05) is 67.5 Å². The SMILES string of the molecule is COc1ccc2cc(C3=CN4C(=O)c5cc(OC)c(OCCCOc6cc7c(cc6OC)C(=O)N6CC8(CC8)C[C@H]6C(O)N7C(=O)OCc6ccc(NC(=O)[C@H](C)NC(=O)[C@@H](NC(=O)CNC(=O)CNC(=O)CCC(=O)N7Cc8ccccc8C#Cc8ccccc87)C(C)C)cc6)cc5NCC4C3)ccc2c1. The Balaban J connectivity index is 0.574. The van der Waals surface area contributed by atoms with Crippen molar-refractivity contribution in [3.05, 3.63) is 179 Å². The Bertz CT molecular complexity index is 4770. The van der Waals surface area contributed by atoms with Crippen LogP contribution >= 0.6 is 0 Å². The van der Waals surface area contributed by atoms with E-state index in [0.29, 0.717) is 77.6 Å². The monoisotopic (exact) mass is 1450 g/mol. The summed E-state index contributed by atoms with van der Waals surface area (Å²) in [5.41, 5.74) is 6.98. The minimum absolute atomic E-state index is 0.0564. The maximum atomic E-state index is 14.5. The standard InChI is InChI=1S/C81H84N10O16/c1-47(2)74(87-72(94)42-84-71(93)41-83-70(92)26-27-73(95)89-43-55-14-8-7-12-50(55)18-19-51-13-9-10-15-63(51)89)76(97)85-48(3)75(96)86-57-23-16-49(17-24-57)45-107-80(101)91-64-38-69(67(104-6)36-61(64)78(99)90-46-81(28-29-81)39-65(90)79(91)100)106-31-11-30-105-68-37-62-60(35-66(68)103-5)77(98)88-44-56(33-58(88)40-82-62)53-20-21-54-34-59(102-4)25-22-52(54)32-53/h7-10,12-17,20-25,32,34-38,44,47-48,58,65,74,79,82,100H,11,26-31,33,39-43,45-46H2,1-6H3,(H,83,92)(H,84,93)(H,85,97)(H,86,96)(H,87,94)/t48-,58?,65-,74-,79?/m0/s1. The number of anilines is 4. The van der Waals surface area contributed by atoms with Gasteiger partial charge in [-0.2, -0.15) is 0 Å². The van der Waals surface area contributed by atoms with Crippen LogP contribution in [0.15, 0.2) is 140 Å². The van der Waals surface area contributed by atoms with E-state index in [2.05, 4.69) is 61.9 Å². The van der Waals surface area contributed by atoms with Crippen molar-refractivity contribution in [1.29, 1.82) is 0 Å². The van der Waals surface area contributed by atoms with Gasteiger partial charge >= 0.3 is 6.09 Å². The number of rotatable bonds is 25. The first-order chi connectivity index (χ1) is 51.7. The lowest BCUT2D eigenvalue weighted by Crippen LogP contribution is -2.55. The Labute approximate surface area is 618 Å². The van der Waals surface area contributed by atoms with Crippen molar-refractivity contribution in [2.24, 2.45) is 11.3 Å². The third-order valence-corrected chi connectivity index (χ3v) is 20.2. The molecule has 9 amide bonds. The average Bonchev–Trinajstić information content (AvgIpc) is 1.57. The van der Waals surface area contributed by atoms with Crippen LogP contribution in [-0.2, 0) is 46.7 Å². The zero-order valence-corrected chi connectivity index (χ0v) is 60.2. The van der Waals surface area contributed by atoms with E-state index in [1.54, 1.807) is 78.1 Å². The van der Waals surface area contributed by atoms with Gasteiger partial charge in [-0.05, 0) is 138 Å². The fourth-order valence-corrected chi connectivity index (χ4v) is 14.1. The molecule has 13 rings (SSSR count). The summed E-state index contributed by atoms with van der Waals surface area (Å²) in [7, 11) is 4.60. The van der Waals surface area contributed by atoms with Crippen molar-refractivity contribution >= 4 is 92.4 Å². The molecule has 107 heavy (non-hydrogen) atoms. The molecule has 26 nitrogen and oxygen atoms in total. The highest BCUT2D eigenvalue weighted by molar-refractivity contribution is 6.07. The number of carbonyl (C=O) groups is 9. The van der Waals surface area contributed by atoms with E-state index >= 15 is 0 Å². The zero-order valence-electron chi connectivity index (χ0n) is 60.2. The van der Waals surface area contributed by atoms with Crippen molar-refractivity contribution in [2.45, 2.75) is 109 Å². The summed E-state index contributed by atoms with van der Waals surface area (Å²) in [6.07, 6.45) is 2.41. The predicted molar refractivity (Wildman–Crippen MR) is 398 cm³/mol. The molecule has 5 heterocycles. The molecule has 0 bridgehead atoms. The highest BCUT2D eigenvalue weighted by Crippen LogP contribution is 2.57. The lowest BCUT2D eigenvalue weighted by molar-refractivity contribution is -0.132. The number of aliphatic hydroxyl groups is 1. The summed E-state index contributed by atoms with van der Waals surface area (Å²) < 4.78 is 35.4. The fraction of sp³-hybridized carbons (Fsp3) is 0.346. The predicted octanol–water partition coefficient (Wildman–Crippen LogP) is 8.41. The van der Waals surface area contributed by atoms with Crippen molar-refractivity contribution < 1.29 is 76.7 Å². The van der Waals surface area contributed by atoms with Gasteiger partial charge in [-0.1, -0.05) is 86.4 Å². The molecule has 6 aliphatic rings. The smallest absolute Gasteiger partial charge is 0.416 e. The molecule has 0 aromatic heterocycles. The maximum Gasteiger partial charge on any atom is 0.416 e. The van der Waals surface area contributed by atoms with Gasteiger partial charge in [-0.15, -0.1) is 0 Å². The van der Waals surface area contributed by atoms with E-state index in [1.165, 1.54) is 33.3 Å². The lowest BCUT2D eigenvalue weighted by atomic mass is 9.99. The Kier molecular flexibility index (Phi) is 21.7. The molecule has 0 radical (unpaired) electrons. The number of hydrogen-bond donors (Lipinski definition) is 7. The van der Waals surface area contributed by atoms with Crippen LogP contribution in [0.4, 0.5) is 27.5 Å².